The van der Waals surface area contributed by atoms with Crippen molar-refractivity contribution < 1.29 is 14.2 Å². The molecule has 0 fully saturated rings. The van der Waals surface area contributed by atoms with Gasteiger partial charge in [0, 0.05) is 42.9 Å². The minimum Gasteiger partial charge on any atom is -0.477 e. The molecule has 0 saturated carbocycles. The van der Waals surface area contributed by atoms with E-state index in [1.807, 2.05) is 13.1 Å². The largest absolute Gasteiger partial charge is 0.477 e. The summed E-state index contributed by atoms with van der Waals surface area (Å²) in [6, 6.07) is 2.01. The third-order valence-electron chi connectivity index (χ3n) is 2.36. The van der Waals surface area contributed by atoms with Crippen molar-refractivity contribution in [1.82, 2.24) is 10.3 Å². The summed E-state index contributed by atoms with van der Waals surface area (Å²) < 4.78 is 16.9. The molecule has 0 bridgehead atoms. The Kier molecular flexibility index (Phi) is 8.73. The maximum atomic E-state index is 5.67. The molecule has 0 saturated heterocycles. The average Bonchev–Trinajstić information content (AvgIpc) is 2.40. The molecule has 0 spiro atoms. The highest BCUT2D eigenvalue weighted by Crippen LogP contribution is 2.19. The van der Waals surface area contributed by atoms with Crippen LogP contribution in [0.5, 0.6) is 5.88 Å². The Balaban J connectivity index is 2.28. The molecule has 1 heterocycles. The van der Waals surface area contributed by atoms with E-state index in [1.165, 1.54) is 0 Å². The van der Waals surface area contributed by atoms with Crippen LogP contribution in [0.1, 0.15) is 12.0 Å². The van der Waals surface area contributed by atoms with Crippen LogP contribution in [0.3, 0.4) is 0 Å². The molecule has 0 aliphatic carbocycles. The zero-order valence-corrected chi connectivity index (χ0v) is 13.0. The third-order valence-corrected chi connectivity index (χ3v) is 2.80. The summed E-state index contributed by atoms with van der Waals surface area (Å²) in [7, 11) is 3.56. The zero-order valence-electron chi connectivity index (χ0n) is 11.4. The molecule has 0 aliphatic rings. The fraction of sp³-hybridized carbons (Fsp3) is 0.615. The molecule has 0 unspecified atom stereocenters. The zero-order chi connectivity index (χ0) is 13.9. The summed E-state index contributed by atoms with van der Waals surface area (Å²) in [6.07, 6.45) is 2.57. The quantitative estimate of drug-likeness (QED) is 0.664. The SMILES string of the molecule is CNCc1cc(Br)cnc1OCCCOCCOC. The van der Waals surface area contributed by atoms with E-state index in [-0.39, 0.29) is 0 Å². The number of hydrogen-bond donors (Lipinski definition) is 1. The molecular formula is C13H21BrN2O3. The summed E-state index contributed by atoms with van der Waals surface area (Å²) in [6.45, 7) is 3.24. The average molecular weight is 333 g/mol. The van der Waals surface area contributed by atoms with Gasteiger partial charge in [0.05, 0.1) is 19.8 Å². The highest BCUT2D eigenvalue weighted by atomic mass is 79.9. The van der Waals surface area contributed by atoms with Crippen LogP contribution < -0.4 is 10.1 Å². The van der Waals surface area contributed by atoms with Crippen LogP contribution in [0.15, 0.2) is 16.7 Å². The second-order valence-electron chi connectivity index (χ2n) is 3.96. The van der Waals surface area contributed by atoms with E-state index in [2.05, 4.69) is 26.2 Å². The van der Waals surface area contributed by atoms with Gasteiger partial charge in [0.15, 0.2) is 0 Å². The molecule has 19 heavy (non-hydrogen) atoms. The first-order chi connectivity index (χ1) is 9.27. The number of ether oxygens (including phenoxy) is 3. The van der Waals surface area contributed by atoms with Crippen molar-refractivity contribution in [3.05, 3.63) is 22.3 Å². The van der Waals surface area contributed by atoms with Gasteiger partial charge in [-0.15, -0.1) is 0 Å². The molecule has 1 N–H and O–H groups in total. The van der Waals surface area contributed by atoms with Crippen molar-refractivity contribution in [3.63, 3.8) is 0 Å². The lowest BCUT2D eigenvalue weighted by Gasteiger charge is -2.10. The van der Waals surface area contributed by atoms with Crippen molar-refractivity contribution in [3.8, 4) is 5.88 Å². The topological polar surface area (TPSA) is 52.6 Å². The molecule has 1 aromatic rings. The maximum Gasteiger partial charge on any atom is 0.217 e. The standard InChI is InChI=1S/C13H21BrN2O3/c1-15-9-11-8-12(14)10-16-13(11)19-5-3-4-18-7-6-17-2/h8,10,15H,3-7,9H2,1-2H3. The Morgan fingerprint density at radius 3 is 2.84 bits per heavy atom. The third kappa shape index (κ3) is 6.87. The highest BCUT2D eigenvalue weighted by Gasteiger charge is 2.05. The molecule has 0 aromatic carbocycles. The minimum absolute atomic E-state index is 0.596. The van der Waals surface area contributed by atoms with Gasteiger partial charge in [0.25, 0.3) is 0 Å². The van der Waals surface area contributed by atoms with Crippen LogP contribution >= 0.6 is 15.9 Å². The summed E-state index contributed by atoms with van der Waals surface area (Å²) >= 11 is 3.41. The van der Waals surface area contributed by atoms with Gasteiger partial charge in [-0.25, -0.2) is 4.98 Å². The second kappa shape index (κ2) is 10.1. The molecule has 108 valence electrons. The Labute approximate surface area is 122 Å². The van der Waals surface area contributed by atoms with Gasteiger partial charge < -0.3 is 19.5 Å². The molecule has 1 rings (SSSR count). The van der Waals surface area contributed by atoms with Crippen LogP contribution in [0, 0.1) is 0 Å². The smallest absolute Gasteiger partial charge is 0.217 e. The van der Waals surface area contributed by atoms with Gasteiger partial charge in [0.2, 0.25) is 5.88 Å². The van der Waals surface area contributed by atoms with Crippen LogP contribution in [0.4, 0.5) is 0 Å². The number of pyridine rings is 1. The lowest BCUT2D eigenvalue weighted by molar-refractivity contribution is 0.0641. The van der Waals surface area contributed by atoms with Crippen molar-refractivity contribution in [1.29, 1.82) is 0 Å². The van der Waals surface area contributed by atoms with Crippen molar-refractivity contribution in [2.45, 2.75) is 13.0 Å². The van der Waals surface area contributed by atoms with Crippen LogP contribution in [0.25, 0.3) is 0 Å². The predicted molar refractivity (Wildman–Crippen MR) is 77.5 cm³/mol. The number of rotatable bonds is 10. The molecule has 6 heteroatoms. The number of nitrogens with one attached hydrogen (secondary N) is 1. The first-order valence-electron chi connectivity index (χ1n) is 6.26. The Bertz CT molecular complexity index is 364. The maximum absolute atomic E-state index is 5.67. The van der Waals surface area contributed by atoms with Crippen molar-refractivity contribution in [2.24, 2.45) is 0 Å². The fourth-order valence-corrected chi connectivity index (χ4v) is 1.87. The normalized spacial score (nSPS) is 10.7. The molecule has 0 aliphatic heterocycles. The number of aromatic nitrogens is 1. The van der Waals surface area contributed by atoms with Gasteiger partial charge in [-0.3, -0.25) is 0 Å². The van der Waals surface area contributed by atoms with Crippen LogP contribution in [0.2, 0.25) is 0 Å². The van der Waals surface area contributed by atoms with E-state index < -0.39 is 0 Å². The van der Waals surface area contributed by atoms with Gasteiger partial charge in [0.1, 0.15) is 0 Å². The van der Waals surface area contributed by atoms with Crippen LogP contribution in [-0.4, -0.2) is 45.6 Å². The van der Waals surface area contributed by atoms with E-state index in [9.17, 15) is 0 Å². The summed E-state index contributed by atoms with van der Waals surface area (Å²) in [4.78, 5) is 4.27. The Morgan fingerprint density at radius 2 is 2.11 bits per heavy atom. The van der Waals surface area contributed by atoms with E-state index in [4.69, 9.17) is 14.2 Å². The Morgan fingerprint density at radius 1 is 1.26 bits per heavy atom. The number of methoxy groups -OCH3 is 1. The van der Waals surface area contributed by atoms with E-state index in [1.54, 1.807) is 13.3 Å². The van der Waals surface area contributed by atoms with Gasteiger partial charge in [-0.2, -0.15) is 0 Å². The lowest BCUT2D eigenvalue weighted by atomic mass is 10.2. The van der Waals surface area contributed by atoms with Crippen LogP contribution in [-0.2, 0) is 16.0 Å². The predicted octanol–water partition coefficient (Wildman–Crippen LogP) is 2.00. The lowest BCUT2D eigenvalue weighted by Crippen LogP contribution is -2.11. The highest BCUT2D eigenvalue weighted by molar-refractivity contribution is 9.10. The summed E-state index contributed by atoms with van der Waals surface area (Å²) in [5.41, 5.74) is 1.04. The van der Waals surface area contributed by atoms with Crippen molar-refractivity contribution >= 4 is 15.9 Å². The van der Waals surface area contributed by atoms with Gasteiger partial charge in [-0.05, 0) is 29.0 Å². The second-order valence-corrected chi connectivity index (χ2v) is 4.87. The first kappa shape index (κ1) is 16.4. The summed E-state index contributed by atoms with van der Waals surface area (Å²) in [5, 5.41) is 3.10. The molecule has 0 atom stereocenters. The summed E-state index contributed by atoms with van der Waals surface area (Å²) in [5.74, 6) is 0.675. The minimum atomic E-state index is 0.596. The fourth-order valence-electron chi connectivity index (χ4n) is 1.49. The number of halogens is 1. The van der Waals surface area contributed by atoms with E-state index >= 15 is 0 Å². The molecule has 0 amide bonds. The van der Waals surface area contributed by atoms with Gasteiger partial charge >= 0.3 is 0 Å². The van der Waals surface area contributed by atoms with E-state index in [0.29, 0.717) is 32.3 Å². The Hall–Kier alpha value is -0.690. The molecular weight excluding hydrogens is 312 g/mol. The van der Waals surface area contributed by atoms with E-state index in [0.717, 1.165) is 23.0 Å². The van der Waals surface area contributed by atoms with Gasteiger partial charge in [-0.1, -0.05) is 0 Å². The molecule has 0 radical (unpaired) electrons. The number of hydrogen-bond acceptors (Lipinski definition) is 5. The molecule has 1 aromatic heterocycles. The molecule has 5 nitrogen and oxygen atoms in total. The van der Waals surface area contributed by atoms with Crippen molar-refractivity contribution in [2.75, 3.05) is 40.6 Å². The monoisotopic (exact) mass is 332 g/mol. The number of nitrogens with zero attached hydrogens (tertiary/aromatic N) is 1. The first-order valence-corrected chi connectivity index (χ1v) is 7.05.